The van der Waals surface area contributed by atoms with E-state index in [0.29, 0.717) is 12.4 Å². The van der Waals surface area contributed by atoms with Crippen molar-refractivity contribution in [2.75, 3.05) is 25.1 Å². The Kier molecular flexibility index (Phi) is 4.95. The van der Waals surface area contributed by atoms with Crippen LogP contribution < -0.4 is 10.6 Å². The minimum atomic E-state index is -0.909. The molecule has 0 aliphatic carbocycles. The lowest BCUT2D eigenvalue weighted by atomic mass is 10.2. The molecule has 1 amide bonds. The molecule has 0 bridgehead atoms. The van der Waals surface area contributed by atoms with Crippen LogP contribution in [0.3, 0.4) is 0 Å². The zero-order chi connectivity index (χ0) is 15.3. The molecule has 2 N–H and O–H groups in total. The second-order valence-corrected chi connectivity index (χ2v) is 3.94. The van der Waals surface area contributed by atoms with Gasteiger partial charge in [-0.3, -0.25) is 19.7 Å². The van der Waals surface area contributed by atoms with Crippen LogP contribution >= 0.6 is 0 Å². The van der Waals surface area contributed by atoms with Crippen molar-refractivity contribution >= 4 is 23.4 Å². The first-order valence-corrected chi connectivity index (χ1v) is 5.61. The number of carbonyl (C=O) groups excluding carboxylic acids is 2. The summed E-state index contributed by atoms with van der Waals surface area (Å²) in [5.41, 5.74) is 4.43. The molecular formula is C11H14N4O5. The second-order valence-electron chi connectivity index (χ2n) is 3.94. The van der Waals surface area contributed by atoms with Gasteiger partial charge in [-0.15, -0.1) is 0 Å². The highest BCUT2D eigenvalue weighted by molar-refractivity contribution is 5.97. The van der Waals surface area contributed by atoms with Crippen molar-refractivity contribution in [2.45, 2.75) is 6.92 Å². The van der Waals surface area contributed by atoms with E-state index in [9.17, 15) is 19.7 Å². The first-order chi connectivity index (χ1) is 9.32. The number of nitrogens with two attached hydrogens (primary N) is 1. The molecule has 0 saturated carbocycles. The van der Waals surface area contributed by atoms with Crippen LogP contribution in [0.25, 0.3) is 0 Å². The standard InChI is InChI=1S/C11H14N4O5/c1-7(16)20-4-3-14(2)10-5-8(11(12)17)9(6-13-10)15(18)19/h5-6H,3-4H2,1-2H3,(H2,12,17). The lowest BCUT2D eigenvalue weighted by Gasteiger charge is -2.18. The van der Waals surface area contributed by atoms with E-state index in [1.54, 1.807) is 11.9 Å². The third-order valence-corrected chi connectivity index (χ3v) is 2.45. The summed E-state index contributed by atoms with van der Waals surface area (Å²) in [5, 5.41) is 10.7. The lowest BCUT2D eigenvalue weighted by molar-refractivity contribution is -0.385. The van der Waals surface area contributed by atoms with Gasteiger partial charge in [0, 0.05) is 20.0 Å². The molecule has 20 heavy (non-hydrogen) atoms. The van der Waals surface area contributed by atoms with E-state index in [2.05, 4.69) is 4.98 Å². The van der Waals surface area contributed by atoms with E-state index < -0.39 is 22.5 Å². The van der Waals surface area contributed by atoms with Crippen LogP contribution in [0.2, 0.25) is 0 Å². The predicted octanol–water partition coefficient (Wildman–Crippen LogP) is 0.0880. The zero-order valence-electron chi connectivity index (χ0n) is 11.0. The molecule has 1 rings (SSSR count). The van der Waals surface area contributed by atoms with Gasteiger partial charge in [0.05, 0.1) is 11.5 Å². The van der Waals surface area contributed by atoms with E-state index >= 15 is 0 Å². The highest BCUT2D eigenvalue weighted by atomic mass is 16.6. The fourth-order valence-electron chi connectivity index (χ4n) is 1.43. The Hall–Kier alpha value is -2.71. The number of hydrogen-bond acceptors (Lipinski definition) is 7. The predicted molar refractivity (Wildman–Crippen MR) is 69.3 cm³/mol. The average Bonchev–Trinajstić information content (AvgIpc) is 2.37. The molecule has 0 spiro atoms. The minimum absolute atomic E-state index is 0.135. The Morgan fingerprint density at radius 2 is 2.20 bits per heavy atom. The molecule has 108 valence electrons. The van der Waals surface area contributed by atoms with E-state index in [1.807, 2.05) is 0 Å². The Balaban J connectivity index is 2.91. The normalized spacial score (nSPS) is 9.90. The maximum absolute atomic E-state index is 11.2. The van der Waals surface area contributed by atoms with Gasteiger partial charge in [-0.05, 0) is 0 Å². The van der Waals surface area contributed by atoms with Crippen molar-refractivity contribution in [1.82, 2.24) is 4.98 Å². The topological polar surface area (TPSA) is 129 Å². The Labute approximate surface area is 114 Å². The van der Waals surface area contributed by atoms with E-state index in [4.69, 9.17) is 10.5 Å². The number of hydrogen-bond donors (Lipinski definition) is 1. The van der Waals surface area contributed by atoms with Gasteiger partial charge in [-0.1, -0.05) is 0 Å². The van der Waals surface area contributed by atoms with Gasteiger partial charge in [0.1, 0.15) is 24.2 Å². The average molecular weight is 282 g/mol. The molecular weight excluding hydrogens is 268 g/mol. The minimum Gasteiger partial charge on any atom is -0.464 e. The largest absolute Gasteiger partial charge is 0.464 e. The van der Waals surface area contributed by atoms with Crippen LogP contribution in [-0.4, -0.2) is 42.0 Å². The number of primary amides is 1. The number of carbonyl (C=O) groups is 2. The molecule has 9 heteroatoms. The first kappa shape index (κ1) is 15.3. The maximum Gasteiger partial charge on any atom is 0.302 e. The van der Waals surface area contributed by atoms with E-state index in [0.717, 1.165) is 6.20 Å². The summed E-state index contributed by atoms with van der Waals surface area (Å²) in [6.45, 7) is 1.74. The first-order valence-electron chi connectivity index (χ1n) is 5.61. The number of likely N-dealkylation sites (N-methyl/N-ethyl adjacent to an activating group) is 1. The fourth-order valence-corrected chi connectivity index (χ4v) is 1.43. The van der Waals surface area contributed by atoms with Crippen LogP contribution in [-0.2, 0) is 9.53 Å². The van der Waals surface area contributed by atoms with Crippen molar-refractivity contribution < 1.29 is 19.2 Å². The molecule has 0 saturated heterocycles. The highest BCUT2D eigenvalue weighted by Gasteiger charge is 2.20. The molecule has 1 aromatic heterocycles. The molecule has 0 aliphatic heterocycles. The van der Waals surface area contributed by atoms with Crippen molar-refractivity contribution in [2.24, 2.45) is 5.73 Å². The molecule has 1 heterocycles. The zero-order valence-corrected chi connectivity index (χ0v) is 11.0. The van der Waals surface area contributed by atoms with Gasteiger partial charge in [0.15, 0.2) is 0 Å². The summed E-state index contributed by atoms with van der Waals surface area (Å²) in [4.78, 5) is 37.3. The van der Waals surface area contributed by atoms with Gasteiger partial charge in [0.2, 0.25) is 0 Å². The number of anilines is 1. The van der Waals surface area contributed by atoms with E-state index in [-0.39, 0.29) is 12.2 Å². The van der Waals surface area contributed by atoms with Crippen molar-refractivity contribution in [3.05, 3.63) is 27.9 Å². The third-order valence-electron chi connectivity index (χ3n) is 2.45. The number of rotatable bonds is 6. The summed E-state index contributed by atoms with van der Waals surface area (Å²) in [7, 11) is 1.64. The van der Waals surface area contributed by atoms with Crippen LogP contribution in [0, 0.1) is 10.1 Å². The summed E-state index contributed by atoms with van der Waals surface area (Å²) >= 11 is 0. The molecule has 0 radical (unpaired) electrons. The van der Waals surface area contributed by atoms with Crippen LogP contribution in [0.1, 0.15) is 17.3 Å². The summed E-state index contributed by atoms with van der Waals surface area (Å²) in [6, 6.07) is 1.23. The summed E-state index contributed by atoms with van der Waals surface area (Å²) in [6.07, 6.45) is 0.970. The van der Waals surface area contributed by atoms with Crippen molar-refractivity contribution in [3.8, 4) is 0 Å². The van der Waals surface area contributed by atoms with Crippen LogP contribution in [0.5, 0.6) is 0 Å². The summed E-state index contributed by atoms with van der Waals surface area (Å²) in [5.74, 6) is -1.00. The Morgan fingerprint density at radius 1 is 1.55 bits per heavy atom. The molecule has 1 aromatic rings. The van der Waals surface area contributed by atoms with Gasteiger partial charge in [0.25, 0.3) is 11.6 Å². The number of esters is 1. The SMILES string of the molecule is CC(=O)OCCN(C)c1cc(C(N)=O)c([N+](=O)[O-])cn1. The Bertz CT molecular complexity index is 546. The van der Waals surface area contributed by atoms with Crippen LogP contribution in [0.15, 0.2) is 12.3 Å². The van der Waals surface area contributed by atoms with Gasteiger partial charge < -0.3 is 15.4 Å². The highest BCUT2D eigenvalue weighted by Crippen LogP contribution is 2.21. The summed E-state index contributed by atoms with van der Waals surface area (Å²) < 4.78 is 4.77. The van der Waals surface area contributed by atoms with Gasteiger partial charge >= 0.3 is 5.97 Å². The monoisotopic (exact) mass is 282 g/mol. The smallest absolute Gasteiger partial charge is 0.302 e. The van der Waals surface area contributed by atoms with Crippen molar-refractivity contribution in [3.63, 3.8) is 0 Å². The number of nitro groups is 1. The van der Waals surface area contributed by atoms with E-state index in [1.165, 1.54) is 13.0 Å². The number of nitrogens with zero attached hydrogens (tertiary/aromatic N) is 3. The number of ether oxygens (including phenoxy) is 1. The van der Waals surface area contributed by atoms with Gasteiger partial charge in [-0.25, -0.2) is 4.98 Å². The third kappa shape index (κ3) is 3.90. The maximum atomic E-state index is 11.2. The molecule has 0 unspecified atom stereocenters. The quantitative estimate of drug-likeness (QED) is 0.444. The molecule has 0 atom stereocenters. The Morgan fingerprint density at radius 3 is 2.70 bits per heavy atom. The number of aromatic nitrogens is 1. The molecule has 0 fully saturated rings. The lowest BCUT2D eigenvalue weighted by Crippen LogP contribution is -2.25. The second kappa shape index (κ2) is 6.45. The van der Waals surface area contributed by atoms with Gasteiger partial charge in [-0.2, -0.15) is 0 Å². The van der Waals surface area contributed by atoms with Crippen molar-refractivity contribution in [1.29, 1.82) is 0 Å². The molecule has 9 nitrogen and oxygen atoms in total. The van der Waals surface area contributed by atoms with Crippen LogP contribution in [0.4, 0.5) is 11.5 Å². The number of pyridine rings is 1. The molecule has 0 aromatic carbocycles. The fraction of sp³-hybridized carbons (Fsp3) is 0.364. The molecule has 0 aliphatic rings. The number of amides is 1.